The van der Waals surface area contributed by atoms with Crippen molar-refractivity contribution in [2.24, 2.45) is 0 Å². The van der Waals surface area contributed by atoms with Crippen molar-refractivity contribution in [2.45, 2.75) is 31.6 Å². The number of hydrogen-bond donors (Lipinski definition) is 0. The van der Waals surface area contributed by atoms with Crippen LogP contribution in [0.1, 0.15) is 25.8 Å². The van der Waals surface area contributed by atoms with Gasteiger partial charge < -0.3 is 0 Å². The van der Waals surface area contributed by atoms with Crippen LogP contribution in [-0.4, -0.2) is 36.9 Å². The Morgan fingerprint density at radius 1 is 1.20 bits per heavy atom. The molecule has 0 spiro atoms. The molecule has 0 radical (unpaired) electrons. The second-order valence-corrected chi connectivity index (χ2v) is 8.60. The molecule has 1 fully saturated rings. The van der Waals surface area contributed by atoms with Gasteiger partial charge in [0.15, 0.2) is 21.5 Å². The third kappa shape index (κ3) is 3.17. The first-order valence-corrected chi connectivity index (χ1v) is 8.25. The lowest BCUT2D eigenvalue weighted by Gasteiger charge is -2.22. The van der Waals surface area contributed by atoms with Crippen LogP contribution in [0.2, 0.25) is 0 Å². The van der Waals surface area contributed by atoms with Gasteiger partial charge in [0.2, 0.25) is 0 Å². The standard InChI is InChI=1S/C14H19F2NO2S/c1-14(2)5-6-17(7-8-20(14,18)19)10-11-3-4-12(15)13(16)9-11/h3-4,9H,5-8,10H2,1-2H3. The molecule has 1 heterocycles. The number of halogens is 2. The van der Waals surface area contributed by atoms with Crippen molar-refractivity contribution in [3.8, 4) is 0 Å². The van der Waals surface area contributed by atoms with Gasteiger partial charge in [0.1, 0.15) is 0 Å². The van der Waals surface area contributed by atoms with Crippen molar-refractivity contribution in [3.05, 3.63) is 35.4 Å². The Balaban J connectivity index is 2.10. The molecule has 3 nitrogen and oxygen atoms in total. The predicted molar refractivity (Wildman–Crippen MR) is 74.1 cm³/mol. The lowest BCUT2D eigenvalue weighted by atomic mass is 10.1. The summed E-state index contributed by atoms with van der Waals surface area (Å²) in [5.41, 5.74) is 0.654. The summed E-state index contributed by atoms with van der Waals surface area (Å²) in [6, 6.07) is 3.80. The van der Waals surface area contributed by atoms with Crippen molar-refractivity contribution in [1.82, 2.24) is 4.90 Å². The van der Waals surface area contributed by atoms with Gasteiger partial charge in [-0.3, -0.25) is 4.90 Å². The fourth-order valence-corrected chi connectivity index (χ4v) is 3.73. The number of sulfone groups is 1. The van der Waals surface area contributed by atoms with E-state index >= 15 is 0 Å². The van der Waals surface area contributed by atoms with E-state index in [1.54, 1.807) is 13.8 Å². The minimum absolute atomic E-state index is 0.101. The maximum Gasteiger partial charge on any atom is 0.159 e. The fraction of sp³-hybridized carbons (Fsp3) is 0.571. The molecule has 1 aliphatic rings. The van der Waals surface area contributed by atoms with Crippen LogP contribution in [0.5, 0.6) is 0 Å². The van der Waals surface area contributed by atoms with Crippen LogP contribution in [-0.2, 0) is 16.4 Å². The van der Waals surface area contributed by atoms with Gasteiger partial charge in [-0.1, -0.05) is 6.07 Å². The molecule has 112 valence electrons. The summed E-state index contributed by atoms with van der Waals surface area (Å²) >= 11 is 0. The number of nitrogens with zero attached hydrogens (tertiary/aromatic N) is 1. The summed E-state index contributed by atoms with van der Waals surface area (Å²) in [5, 5.41) is 0. The van der Waals surface area contributed by atoms with E-state index in [9.17, 15) is 17.2 Å². The van der Waals surface area contributed by atoms with E-state index in [4.69, 9.17) is 0 Å². The zero-order valence-electron chi connectivity index (χ0n) is 11.7. The molecule has 2 rings (SSSR count). The van der Waals surface area contributed by atoms with E-state index in [-0.39, 0.29) is 5.75 Å². The molecule has 0 aliphatic carbocycles. The van der Waals surface area contributed by atoms with Crippen molar-refractivity contribution < 1.29 is 17.2 Å². The molecule has 0 saturated carbocycles. The SMILES string of the molecule is CC1(C)CCN(Cc2ccc(F)c(F)c2)CCS1(=O)=O. The average molecular weight is 303 g/mol. The summed E-state index contributed by atoms with van der Waals surface area (Å²) in [6.07, 6.45) is 0.541. The monoisotopic (exact) mass is 303 g/mol. The van der Waals surface area contributed by atoms with Gasteiger partial charge in [-0.25, -0.2) is 17.2 Å². The van der Waals surface area contributed by atoms with E-state index in [1.807, 2.05) is 4.90 Å². The molecule has 0 atom stereocenters. The Labute approximate surface area is 118 Å². The summed E-state index contributed by atoms with van der Waals surface area (Å²) in [6.45, 7) is 4.96. The smallest absolute Gasteiger partial charge is 0.159 e. The maximum atomic E-state index is 13.2. The Bertz CT molecular complexity index is 599. The van der Waals surface area contributed by atoms with Crippen LogP contribution >= 0.6 is 0 Å². The normalized spacial score (nSPS) is 22.4. The Morgan fingerprint density at radius 3 is 2.55 bits per heavy atom. The Morgan fingerprint density at radius 2 is 1.90 bits per heavy atom. The average Bonchev–Trinajstić information content (AvgIpc) is 2.45. The van der Waals surface area contributed by atoms with Gasteiger partial charge in [-0.05, 0) is 38.0 Å². The molecule has 1 saturated heterocycles. The highest BCUT2D eigenvalue weighted by Gasteiger charge is 2.36. The number of hydrogen-bond acceptors (Lipinski definition) is 3. The summed E-state index contributed by atoms with van der Waals surface area (Å²) in [4.78, 5) is 1.97. The van der Waals surface area contributed by atoms with Crippen LogP contribution in [0.25, 0.3) is 0 Å². The van der Waals surface area contributed by atoms with E-state index in [1.165, 1.54) is 12.1 Å². The molecule has 0 bridgehead atoms. The van der Waals surface area contributed by atoms with E-state index in [0.29, 0.717) is 31.6 Å². The van der Waals surface area contributed by atoms with Gasteiger partial charge in [0.25, 0.3) is 0 Å². The third-order valence-corrected chi connectivity index (χ3v) is 6.55. The second-order valence-electron chi connectivity index (χ2n) is 5.85. The largest absolute Gasteiger partial charge is 0.298 e. The topological polar surface area (TPSA) is 37.4 Å². The molecule has 0 unspecified atom stereocenters. The first-order chi connectivity index (χ1) is 9.21. The lowest BCUT2D eigenvalue weighted by Crippen LogP contribution is -2.33. The molecule has 20 heavy (non-hydrogen) atoms. The zero-order valence-corrected chi connectivity index (χ0v) is 12.5. The highest BCUT2D eigenvalue weighted by atomic mass is 32.2. The molecular formula is C14H19F2NO2S. The van der Waals surface area contributed by atoms with Crippen LogP contribution in [0, 0.1) is 11.6 Å². The maximum absolute atomic E-state index is 13.2. The van der Waals surface area contributed by atoms with Gasteiger partial charge in [0.05, 0.1) is 10.5 Å². The van der Waals surface area contributed by atoms with Crippen molar-refractivity contribution in [2.75, 3.05) is 18.8 Å². The molecule has 0 N–H and O–H groups in total. The number of benzene rings is 1. The predicted octanol–water partition coefficient (Wildman–Crippen LogP) is 2.36. The highest BCUT2D eigenvalue weighted by Crippen LogP contribution is 2.25. The van der Waals surface area contributed by atoms with Crippen LogP contribution < -0.4 is 0 Å². The summed E-state index contributed by atoms with van der Waals surface area (Å²) in [5.74, 6) is -1.64. The first-order valence-electron chi connectivity index (χ1n) is 6.60. The van der Waals surface area contributed by atoms with E-state index in [0.717, 1.165) is 6.07 Å². The second kappa shape index (κ2) is 5.41. The fourth-order valence-electron chi connectivity index (χ4n) is 2.27. The lowest BCUT2D eigenvalue weighted by molar-refractivity contribution is 0.275. The quantitative estimate of drug-likeness (QED) is 0.842. The van der Waals surface area contributed by atoms with Gasteiger partial charge in [-0.15, -0.1) is 0 Å². The van der Waals surface area contributed by atoms with Crippen molar-refractivity contribution >= 4 is 9.84 Å². The molecule has 0 aromatic heterocycles. The first kappa shape index (κ1) is 15.4. The van der Waals surface area contributed by atoms with E-state index in [2.05, 4.69) is 0 Å². The molecule has 0 amide bonds. The van der Waals surface area contributed by atoms with Crippen LogP contribution in [0.15, 0.2) is 18.2 Å². The Kier molecular flexibility index (Phi) is 4.16. The van der Waals surface area contributed by atoms with E-state index < -0.39 is 26.2 Å². The van der Waals surface area contributed by atoms with Crippen molar-refractivity contribution in [3.63, 3.8) is 0 Å². The van der Waals surface area contributed by atoms with Gasteiger partial charge >= 0.3 is 0 Å². The zero-order chi connectivity index (χ0) is 15.0. The minimum Gasteiger partial charge on any atom is -0.298 e. The minimum atomic E-state index is -3.11. The van der Waals surface area contributed by atoms with Gasteiger partial charge in [0, 0.05) is 19.6 Å². The molecule has 1 aliphatic heterocycles. The third-order valence-electron chi connectivity index (χ3n) is 3.94. The summed E-state index contributed by atoms with van der Waals surface area (Å²) in [7, 11) is -3.11. The van der Waals surface area contributed by atoms with Crippen LogP contribution in [0.4, 0.5) is 8.78 Å². The number of rotatable bonds is 2. The van der Waals surface area contributed by atoms with Gasteiger partial charge in [-0.2, -0.15) is 0 Å². The molecule has 1 aromatic rings. The molecule has 1 aromatic carbocycles. The van der Waals surface area contributed by atoms with Crippen molar-refractivity contribution in [1.29, 1.82) is 0 Å². The molecule has 6 heteroatoms. The molecular weight excluding hydrogens is 284 g/mol. The Hall–Kier alpha value is -1.01. The summed E-state index contributed by atoms with van der Waals surface area (Å²) < 4.78 is 49.5. The van der Waals surface area contributed by atoms with Crippen LogP contribution in [0.3, 0.4) is 0 Å². The highest BCUT2D eigenvalue weighted by molar-refractivity contribution is 7.92.